The number of aromatic amines is 1. The van der Waals surface area contributed by atoms with Gasteiger partial charge in [-0.3, -0.25) is 19.4 Å². The van der Waals surface area contributed by atoms with Crippen molar-refractivity contribution >= 4 is 33.8 Å². The molecule has 11 nitrogen and oxygen atoms in total. The molecule has 1 amide bonds. The van der Waals surface area contributed by atoms with Gasteiger partial charge in [-0.2, -0.15) is 0 Å². The highest BCUT2D eigenvalue weighted by atomic mass is 16.5. The third kappa shape index (κ3) is 5.08. The van der Waals surface area contributed by atoms with Crippen molar-refractivity contribution in [1.82, 2.24) is 35.0 Å². The predicted octanol–water partition coefficient (Wildman–Crippen LogP) is 4.52. The zero-order chi connectivity index (χ0) is 29.1. The number of para-hydroxylation sites is 1. The Hall–Kier alpha value is -5.42. The molecule has 0 unspecified atom stereocenters. The molecule has 3 aromatic heterocycles. The number of nitrogens with zero attached hydrogens (tertiary/aromatic N) is 5. The molecule has 1 atom stereocenters. The summed E-state index contributed by atoms with van der Waals surface area (Å²) in [5, 5.41) is 12.9. The molecule has 4 N–H and O–H groups in total. The average Bonchev–Trinajstić information content (AvgIpc) is 3.52. The second-order valence-electron chi connectivity index (χ2n) is 9.82. The van der Waals surface area contributed by atoms with Crippen molar-refractivity contribution in [3.63, 3.8) is 0 Å². The van der Waals surface area contributed by atoms with Gasteiger partial charge < -0.3 is 10.3 Å². The molecule has 3 aromatic carbocycles. The molecule has 0 radical (unpaired) electrons. The second-order valence-corrected chi connectivity index (χ2v) is 9.82. The largest absolute Gasteiger partial charge is 0.358 e. The van der Waals surface area contributed by atoms with Crippen molar-refractivity contribution in [3.8, 4) is 5.69 Å². The number of carbonyl (C=O) groups is 1. The normalized spacial score (nSPS) is 12.0. The summed E-state index contributed by atoms with van der Waals surface area (Å²) >= 11 is 0. The molecule has 11 heteroatoms. The van der Waals surface area contributed by atoms with E-state index in [2.05, 4.69) is 25.3 Å². The van der Waals surface area contributed by atoms with E-state index < -0.39 is 5.91 Å². The molecule has 0 aliphatic rings. The van der Waals surface area contributed by atoms with Crippen molar-refractivity contribution in [1.29, 1.82) is 0 Å². The maximum absolute atomic E-state index is 14.4. The Morgan fingerprint density at radius 3 is 2.55 bits per heavy atom. The van der Waals surface area contributed by atoms with Crippen LogP contribution in [0.25, 0.3) is 27.8 Å². The number of nitrogens with one attached hydrogen (secondary N) is 3. The van der Waals surface area contributed by atoms with Crippen molar-refractivity contribution in [2.75, 3.05) is 5.32 Å². The molecule has 0 bridgehead atoms. The van der Waals surface area contributed by atoms with Crippen molar-refractivity contribution in [2.45, 2.75) is 32.2 Å². The smallest absolute Gasteiger partial charge is 0.274 e. The summed E-state index contributed by atoms with van der Waals surface area (Å²) in [6.45, 7) is 2.03. The first-order valence-electron chi connectivity index (χ1n) is 13.6. The lowest BCUT2D eigenvalue weighted by atomic mass is 10.00. The van der Waals surface area contributed by atoms with Gasteiger partial charge in [0.05, 0.1) is 29.0 Å². The number of anilines is 1. The number of hydrogen-bond acceptors (Lipinski definition) is 8. The second kappa shape index (κ2) is 11.6. The summed E-state index contributed by atoms with van der Waals surface area (Å²) in [6.07, 6.45) is 4.91. The Bertz CT molecular complexity index is 1930. The molecule has 0 aliphatic carbocycles. The zero-order valence-electron chi connectivity index (χ0n) is 22.8. The highest BCUT2D eigenvalue weighted by Crippen LogP contribution is 2.27. The van der Waals surface area contributed by atoms with Crippen LogP contribution in [0.4, 0.5) is 5.82 Å². The number of H-pyrrole nitrogens is 1. The van der Waals surface area contributed by atoms with Gasteiger partial charge in [-0.1, -0.05) is 49.4 Å². The van der Waals surface area contributed by atoms with Crippen LogP contribution >= 0.6 is 0 Å². The van der Waals surface area contributed by atoms with Crippen molar-refractivity contribution in [2.24, 2.45) is 0 Å². The molecule has 6 rings (SSSR count). The lowest BCUT2D eigenvalue weighted by molar-refractivity contribution is 0.0706. The third-order valence-corrected chi connectivity index (χ3v) is 7.28. The van der Waals surface area contributed by atoms with Crippen molar-refractivity contribution < 1.29 is 10.0 Å². The lowest BCUT2D eigenvalue weighted by Gasteiger charge is -2.22. The van der Waals surface area contributed by atoms with Crippen molar-refractivity contribution in [3.05, 3.63) is 118 Å². The van der Waals surface area contributed by atoms with E-state index in [0.717, 1.165) is 11.1 Å². The first-order valence-corrected chi connectivity index (χ1v) is 13.6. The molecule has 42 heavy (non-hydrogen) atoms. The Morgan fingerprint density at radius 1 is 0.976 bits per heavy atom. The highest BCUT2D eigenvalue weighted by Gasteiger charge is 2.23. The van der Waals surface area contributed by atoms with Crippen LogP contribution in [0.1, 0.15) is 46.7 Å². The average molecular weight is 561 g/mol. The predicted molar refractivity (Wildman–Crippen MR) is 159 cm³/mol. The molecule has 0 fully saturated rings. The van der Waals surface area contributed by atoms with Gasteiger partial charge in [-0.15, -0.1) is 0 Å². The standard InChI is InChI=1S/C31H28N8O3/c1-2-23(36-28-26-27(33-17-32-26)34-18-35-28)29-37-24-10-6-7-20(14-11-19-12-15-21(16-13-19)30(40)38-42)25(24)31(41)39(29)22-8-4-3-5-9-22/h3-10,12-13,15-18,23,42H,2,11,14H2,1H3,(H,38,40)(H2,32,33,34,35,36)/t23-/m0/s1. The van der Waals surface area contributed by atoms with Gasteiger partial charge in [0, 0.05) is 5.56 Å². The maximum Gasteiger partial charge on any atom is 0.274 e. The van der Waals surface area contributed by atoms with Crippen LogP contribution in [-0.2, 0) is 12.8 Å². The zero-order valence-corrected chi connectivity index (χ0v) is 22.8. The topological polar surface area (TPSA) is 151 Å². The van der Waals surface area contributed by atoms with Crippen LogP contribution in [-0.4, -0.2) is 40.6 Å². The summed E-state index contributed by atoms with van der Waals surface area (Å²) in [5.41, 5.74) is 6.29. The van der Waals surface area contributed by atoms with Crippen LogP contribution in [0.15, 0.2) is 90.2 Å². The molecule has 210 valence electrons. The molecule has 0 spiro atoms. The number of carbonyl (C=O) groups excluding carboxylic acids is 1. The molecular formula is C31H28N8O3. The van der Waals surface area contributed by atoms with E-state index in [1.807, 2.05) is 67.6 Å². The van der Waals surface area contributed by atoms with Gasteiger partial charge in [0.15, 0.2) is 11.5 Å². The summed E-state index contributed by atoms with van der Waals surface area (Å²) in [7, 11) is 0. The lowest BCUT2D eigenvalue weighted by Crippen LogP contribution is -2.29. The van der Waals surface area contributed by atoms with Gasteiger partial charge in [-0.05, 0) is 60.7 Å². The Labute approximate surface area is 240 Å². The Kier molecular flexibility index (Phi) is 7.39. The number of aryl methyl sites for hydroxylation is 2. The quantitative estimate of drug-likeness (QED) is 0.149. The summed E-state index contributed by atoms with van der Waals surface area (Å²) in [5.74, 6) is 0.587. The van der Waals surface area contributed by atoms with Gasteiger partial charge in [0.25, 0.3) is 11.5 Å². The van der Waals surface area contributed by atoms with E-state index >= 15 is 0 Å². The van der Waals surface area contributed by atoms with Crippen LogP contribution in [0, 0.1) is 0 Å². The van der Waals surface area contributed by atoms with Gasteiger partial charge in [-0.25, -0.2) is 25.4 Å². The number of rotatable bonds is 9. The fourth-order valence-corrected chi connectivity index (χ4v) is 5.14. The van der Waals surface area contributed by atoms with Crippen LogP contribution < -0.4 is 16.4 Å². The number of hydroxylamine groups is 1. The minimum Gasteiger partial charge on any atom is -0.358 e. The van der Waals surface area contributed by atoms with Gasteiger partial charge in [0.2, 0.25) is 0 Å². The molecule has 6 aromatic rings. The van der Waals surface area contributed by atoms with E-state index in [1.54, 1.807) is 28.5 Å². The number of benzene rings is 3. The number of amides is 1. The minimum atomic E-state index is -0.562. The van der Waals surface area contributed by atoms with Crippen LogP contribution in [0.2, 0.25) is 0 Å². The van der Waals surface area contributed by atoms with Gasteiger partial charge >= 0.3 is 0 Å². The number of aromatic nitrogens is 6. The third-order valence-electron chi connectivity index (χ3n) is 7.28. The monoisotopic (exact) mass is 560 g/mol. The molecule has 0 saturated heterocycles. The fourth-order valence-electron chi connectivity index (χ4n) is 5.14. The molecule has 0 aliphatic heterocycles. The number of imidazole rings is 1. The van der Waals surface area contributed by atoms with Gasteiger partial charge in [0.1, 0.15) is 17.7 Å². The van der Waals surface area contributed by atoms with E-state index in [0.29, 0.717) is 64.2 Å². The summed E-state index contributed by atoms with van der Waals surface area (Å²) in [4.78, 5) is 47.0. The van der Waals surface area contributed by atoms with Crippen LogP contribution in [0.3, 0.4) is 0 Å². The van der Waals surface area contributed by atoms with E-state index in [1.165, 1.54) is 6.33 Å². The first kappa shape index (κ1) is 26.8. The molecular weight excluding hydrogens is 532 g/mol. The van der Waals surface area contributed by atoms with E-state index in [4.69, 9.17) is 10.2 Å². The molecule has 0 saturated carbocycles. The highest BCUT2D eigenvalue weighted by molar-refractivity contribution is 5.93. The van der Waals surface area contributed by atoms with Crippen LogP contribution in [0.5, 0.6) is 0 Å². The summed E-state index contributed by atoms with van der Waals surface area (Å²) < 4.78 is 1.68. The van der Waals surface area contributed by atoms with E-state index in [9.17, 15) is 9.59 Å². The maximum atomic E-state index is 14.4. The fraction of sp³-hybridized carbons (Fsp3) is 0.161. The number of fused-ring (bicyclic) bond motifs is 2. The number of hydrogen-bond donors (Lipinski definition) is 4. The SMILES string of the molecule is CC[C@H](Nc1ncnc2nc[nH]c12)c1nc2cccc(CCc3ccc(C(=O)NO)cc3)c2c(=O)n1-c1ccccc1. The minimum absolute atomic E-state index is 0.151. The summed E-state index contributed by atoms with van der Waals surface area (Å²) in [6, 6.07) is 21.9. The Balaban J connectivity index is 1.42. The molecule has 3 heterocycles. The first-order chi connectivity index (χ1) is 20.6. The van der Waals surface area contributed by atoms with E-state index in [-0.39, 0.29) is 11.6 Å². The Morgan fingerprint density at radius 2 is 1.79 bits per heavy atom.